The number of benzene rings is 3. The van der Waals surface area contributed by atoms with Crippen molar-refractivity contribution in [3.05, 3.63) is 107 Å². The predicted molar refractivity (Wildman–Crippen MR) is 143 cm³/mol. The van der Waals surface area contributed by atoms with Gasteiger partial charge in [-0.1, -0.05) is 42.5 Å². The average molecular weight is 557 g/mol. The first-order chi connectivity index (χ1) is 19.2. The van der Waals surface area contributed by atoms with Gasteiger partial charge in [-0.05, 0) is 84.5 Å². The summed E-state index contributed by atoms with van der Waals surface area (Å²) >= 11 is 0. The summed E-state index contributed by atoms with van der Waals surface area (Å²) in [5, 5.41) is 3.22. The van der Waals surface area contributed by atoms with Gasteiger partial charge in [0.25, 0.3) is 0 Å². The molecule has 8 heteroatoms. The molecule has 2 fully saturated rings. The fourth-order valence-corrected chi connectivity index (χ4v) is 6.43. The van der Waals surface area contributed by atoms with Gasteiger partial charge >= 0.3 is 6.18 Å². The van der Waals surface area contributed by atoms with Crippen LogP contribution >= 0.6 is 0 Å². The molecular formula is C32H33F5N2O. The third-order valence-electron chi connectivity index (χ3n) is 8.38. The number of rotatable bonds is 9. The van der Waals surface area contributed by atoms with E-state index in [-0.39, 0.29) is 29.5 Å². The zero-order valence-corrected chi connectivity index (χ0v) is 22.1. The zero-order valence-electron chi connectivity index (χ0n) is 22.1. The number of fused-ring (bicyclic) bond motifs is 1. The van der Waals surface area contributed by atoms with Crippen molar-refractivity contribution >= 4 is 5.91 Å². The van der Waals surface area contributed by atoms with Crippen LogP contribution in [0.15, 0.2) is 72.8 Å². The number of carbonyl (C=O) groups excluding carboxylic acids is 1. The summed E-state index contributed by atoms with van der Waals surface area (Å²) in [4.78, 5) is 15.1. The Morgan fingerprint density at radius 3 is 2.17 bits per heavy atom. The molecule has 1 aliphatic heterocycles. The van der Waals surface area contributed by atoms with Crippen LogP contribution in [0, 0.1) is 23.5 Å². The van der Waals surface area contributed by atoms with Crippen LogP contribution in [-0.4, -0.2) is 29.9 Å². The van der Waals surface area contributed by atoms with Crippen LogP contribution in [0.2, 0.25) is 0 Å². The molecule has 1 aliphatic carbocycles. The summed E-state index contributed by atoms with van der Waals surface area (Å²) < 4.78 is 66.3. The number of hydrogen-bond acceptors (Lipinski definition) is 2. The molecule has 3 aromatic rings. The lowest BCUT2D eigenvalue weighted by Gasteiger charge is -2.22. The maximum atomic E-state index is 13.5. The highest BCUT2D eigenvalue weighted by Gasteiger charge is 2.43. The van der Waals surface area contributed by atoms with Gasteiger partial charge < -0.3 is 5.32 Å². The van der Waals surface area contributed by atoms with E-state index in [1.807, 2.05) is 0 Å². The summed E-state index contributed by atoms with van der Waals surface area (Å²) in [5.74, 6) is -0.0197. The first-order valence-electron chi connectivity index (χ1n) is 13.8. The molecule has 1 saturated heterocycles. The van der Waals surface area contributed by atoms with Gasteiger partial charge in [0.2, 0.25) is 5.91 Å². The van der Waals surface area contributed by atoms with Crippen LogP contribution in [0.25, 0.3) is 0 Å². The van der Waals surface area contributed by atoms with Crippen molar-refractivity contribution in [1.29, 1.82) is 0 Å². The molecule has 0 spiro atoms. The van der Waals surface area contributed by atoms with E-state index < -0.39 is 11.7 Å². The number of halogens is 5. The van der Waals surface area contributed by atoms with Crippen LogP contribution in [0.5, 0.6) is 0 Å². The smallest absolute Gasteiger partial charge is 0.353 e. The van der Waals surface area contributed by atoms with Crippen molar-refractivity contribution in [3.63, 3.8) is 0 Å². The van der Waals surface area contributed by atoms with Gasteiger partial charge in [-0.15, -0.1) is 0 Å². The minimum atomic E-state index is -4.36. The van der Waals surface area contributed by atoms with E-state index in [2.05, 4.69) is 10.2 Å². The van der Waals surface area contributed by atoms with Gasteiger partial charge in [0.15, 0.2) is 0 Å². The summed E-state index contributed by atoms with van der Waals surface area (Å²) in [6, 6.07) is 18.1. The molecule has 5 rings (SSSR count). The van der Waals surface area contributed by atoms with E-state index in [1.165, 1.54) is 36.4 Å². The topological polar surface area (TPSA) is 32.3 Å². The van der Waals surface area contributed by atoms with Gasteiger partial charge in [0.05, 0.1) is 5.56 Å². The SMILES string of the molecule is O=C(CCCC(c1ccc(F)cc1)c1ccc(F)cc1)N[C@@H]1CC[C@@H]2CN(Cc3cccc(C(F)(F)F)c3)C[C@H]21. The lowest BCUT2D eigenvalue weighted by Crippen LogP contribution is -2.39. The normalized spacial score (nSPS) is 21.1. The van der Waals surface area contributed by atoms with Gasteiger partial charge in [-0.3, -0.25) is 9.69 Å². The molecule has 2 aliphatic rings. The number of alkyl halides is 3. The monoisotopic (exact) mass is 556 g/mol. The van der Waals surface area contributed by atoms with Crippen molar-refractivity contribution in [1.82, 2.24) is 10.2 Å². The Hall–Kier alpha value is -3.26. The number of nitrogens with zero attached hydrogens (tertiary/aromatic N) is 1. The quantitative estimate of drug-likeness (QED) is 0.280. The van der Waals surface area contributed by atoms with E-state index in [9.17, 15) is 26.7 Å². The van der Waals surface area contributed by atoms with Gasteiger partial charge in [-0.2, -0.15) is 13.2 Å². The second kappa shape index (κ2) is 12.1. The molecule has 1 saturated carbocycles. The van der Waals surface area contributed by atoms with E-state index >= 15 is 0 Å². The van der Waals surface area contributed by atoms with Gasteiger partial charge in [-0.25, -0.2) is 8.78 Å². The largest absolute Gasteiger partial charge is 0.416 e. The Morgan fingerprint density at radius 1 is 0.900 bits per heavy atom. The van der Waals surface area contributed by atoms with Crippen molar-refractivity contribution < 1.29 is 26.7 Å². The van der Waals surface area contributed by atoms with Gasteiger partial charge in [0, 0.05) is 38.0 Å². The first-order valence-corrected chi connectivity index (χ1v) is 13.8. The minimum absolute atomic E-state index is 0.0149. The molecule has 0 radical (unpaired) electrons. The van der Waals surface area contributed by atoms with Crippen LogP contribution in [0.1, 0.15) is 60.3 Å². The molecule has 40 heavy (non-hydrogen) atoms. The van der Waals surface area contributed by atoms with Crippen molar-refractivity contribution in [3.8, 4) is 0 Å². The Labute approximate surface area is 231 Å². The average Bonchev–Trinajstić information content (AvgIpc) is 3.48. The molecule has 3 nitrogen and oxygen atoms in total. The Kier molecular flexibility index (Phi) is 8.54. The summed E-state index contributed by atoms with van der Waals surface area (Å²) in [6.45, 7) is 2.04. The second-order valence-electron chi connectivity index (χ2n) is 11.1. The molecule has 1 N–H and O–H groups in total. The number of nitrogens with one attached hydrogen (secondary N) is 1. The molecule has 212 valence electrons. The van der Waals surface area contributed by atoms with E-state index in [0.717, 1.165) is 43.1 Å². The molecule has 1 amide bonds. The third kappa shape index (κ3) is 6.89. The molecular weight excluding hydrogens is 523 g/mol. The van der Waals surface area contributed by atoms with E-state index in [1.54, 1.807) is 30.3 Å². The van der Waals surface area contributed by atoms with Gasteiger partial charge in [0.1, 0.15) is 11.6 Å². The zero-order chi connectivity index (χ0) is 28.3. The highest BCUT2D eigenvalue weighted by Crippen LogP contribution is 2.39. The number of likely N-dealkylation sites (tertiary alicyclic amines) is 1. The molecule has 3 aromatic carbocycles. The van der Waals surface area contributed by atoms with E-state index in [0.29, 0.717) is 43.2 Å². The maximum Gasteiger partial charge on any atom is 0.416 e. The van der Waals surface area contributed by atoms with Crippen LogP contribution in [-0.2, 0) is 17.5 Å². The fraction of sp³-hybridized carbons (Fsp3) is 0.406. The predicted octanol–water partition coefficient (Wildman–Crippen LogP) is 7.31. The molecule has 0 aromatic heterocycles. The van der Waals surface area contributed by atoms with Crippen molar-refractivity contribution in [2.75, 3.05) is 13.1 Å². The first kappa shape index (κ1) is 28.3. The summed E-state index contributed by atoms with van der Waals surface area (Å²) in [7, 11) is 0. The number of hydrogen-bond donors (Lipinski definition) is 1. The Morgan fingerprint density at radius 2 is 1.55 bits per heavy atom. The van der Waals surface area contributed by atoms with E-state index in [4.69, 9.17) is 0 Å². The van der Waals surface area contributed by atoms with Crippen LogP contribution < -0.4 is 5.32 Å². The standard InChI is InChI=1S/C32H33F5N2O/c33-26-12-7-22(8-13-26)28(23-9-14-27(34)15-10-23)5-2-6-31(40)38-30-16-11-24-19-39(20-29(24)30)18-21-3-1-4-25(17-21)32(35,36)37/h1,3-4,7-10,12-15,17,24,28-30H,2,5-6,11,16,18-20H2,(H,38,40)/t24-,29-,30-/m1/s1. The second-order valence-corrected chi connectivity index (χ2v) is 11.1. The van der Waals surface area contributed by atoms with Crippen molar-refractivity contribution in [2.24, 2.45) is 11.8 Å². The minimum Gasteiger partial charge on any atom is -0.353 e. The molecule has 0 unspecified atom stereocenters. The van der Waals surface area contributed by atoms with Crippen LogP contribution in [0.4, 0.5) is 22.0 Å². The number of carbonyl (C=O) groups is 1. The maximum absolute atomic E-state index is 13.5. The highest BCUT2D eigenvalue weighted by atomic mass is 19.4. The molecule has 3 atom stereocenters. The van der Waals surface area contributed by atoms with Crippen LogP contribution in [0.3, 0.4) is 0 Å². The summed E-state index contributed by atoms with van der Waals surface area (Å²) in [6.07, 6.45) is -0.830. The lowest BCUT2D eigenvalue weighted by atomic mass is 9.87. The Bertz CT molecular complexity index is 1250. The lowest BCUT2D eigenvalue weighted by molar-refractivity contribution is -0.137. The molecule has 1 heterocycles. The third-order valence-corrected chi connectivity index (χ3v) is 8.38. The Balaban J connectivity index is 1.14. The molecule has 0 bridgehead atoms. The van der Waals surface area contributed by atoms with Crippen molar-refractivity contribution in [2.45, 2.75) is 56.8 Å². The number of amides is 1. The fourth-order valence-electron chi connectivity index (χ4n) is 6.43. The highest BCUT2D eigenvalue weighted by molar-refractivity contribution is 5.76. The summed E-state index contributed by atoms with van der Waals surface area (Å²) in [5.41, 5.74) is 1.85.